The van der Waals surface area contributed by atoms with Crippen LogP contribution in [-0.2, 0) is 13.0 Å². The zero-order valence-corrected chi connectivity index (χ0v) is 20.9. The highest BCUT2D eigenvalue weighted by molar-refractivity contribution is 5.84. The molecule has 0 radical (unpaired) electrons. The van der Waals surface area contributed by atoms with Gasteiger partial charge in [0.2, 0.25) is 0 Å². The fraction of sp³-hybridized carbons (Fsp3) is 0.464. The zero-order chi connectivity index (χ0) is 26.4. The highest BCUT2D eigenvalue weighted by Crippen LogP contribution is 2.38. The molecule has 1 aromatic heterocycles. The topological polar surface area (TPSA) is 83.8 Å². The highest BCUT2D eigenvalue weighted by atomic mass is 19.1. The van der Waals surface area contributed by atoms with Gasteiger partial charge in [-0.3, -0.25) is 4.98 Å². The van der Waals surface area contributed by atoms with E-state index in [2.05, 4.69) is 10.3 Å². The van der Waals surface area contributed by atoms with Crippen molar-refractivity contribution in [1.29, 1.82) is 0 Å². The number of nitrogens with one attached hydrogen (secondary N) is 1. The number of aliphatic hydroxyl groups is 2. The normalized spacial score (nSPS) is 19.8. The van der Waals surface area contributed by atoms with E-state index in [0.717, 1.165) is 47.0 Å². The Kier molecular flexibility index (Phi) is 8.89. The molecule has 2 heterocycles. The summed E-state index contributed by atoms with van der Waals surface area (Å²) in [4.78, 5) is 4.45. The van der Waals surface area contributed by atoms with Crippen LogP contribution in [0.4, 0.5) is 13.2 Å². The average Bonchev–Trinajstić information content (AvgIpc) is 2.90. The van der Waals surface area contributed by atoms with Crippen LogP contribution in [0.2, 0.25) is 0 Å². The smallest absolute Gasteiger partial charge is 0.190 e. The molecule has 1 saturated heterocycles. The van der Waals surface area contributed by atoms with Gasteiger partial charge in [-0.25, -0.2) is 13.2 Å². The van der Waals surface area contributed by atoms with Gasteiger partial charge in [0.15, 0.2) is 17.4 Å². The summed E-state index contributed by atoms with van der Waals surface area (Å²) in [7, 11) is 1.61. The number of methoxy groups -OCH3 is 1. The van der Waals surface area contributed by atoms with Gasteiger partial charge >= 0.3 is 0 Å². The number of halogens is 3. The van der Waals surface area contributed by atoms with Crippen LogP contribution in [-0.4, -0.2) is 48.1 Å². The first-order valence-corrected chi connectivity index (χ1v) is 12.5. The van der Waals surface area contributed by atoms with Crippen molar-refractivity contribution >= 4 is 10.9 Å². The van der Waals surface area contributed by atoms with E-state index in [4.69, 9.17) is 9.47 Å². The van der Waals surface area contributed by atoms with Crippen LogP contribution in [0.25, 0.3) is 10.9 Å². The Labute approximate surface area is 214 Å². The van der Waals surface area contributed by atoms with E-state index in [9.17, 15) is 23.4 Å². The van der Waals surface area contributed by atoms with Crippen LogP contribution in [0.5, 0.6) is 11.5 Å². The quantitative estimate of drug-likeness (QED) is 0.342. The number of benzene rings is 2. The maximum atomic E-state index is 13.8. The summed E-state index contributed by atoms with van der Waals surface area (Å²) < 4.78 is 51.5. The molecule has 0 spiro atoms. The minimum Gasteiger partial charge on any atom is -0.497 e. The molecule has 4 rings (SSSR count). The molecule has 37 heavy (non-hydrogen) atoms. The van der Waals surface area contributed by atoms with Crippen molar-refractivity contribution in [3.63, 3.8) is 0 Å². The summed E-state index contributed by atoms with van der Waals surface area (Å²) >= 11 is 0. The molecule has 1 fully saturated rings. The van der Waals surface area contributed by atoms with Gasteiger partial charge in [-0.05, 0) is 79.8 Å². The van der Waals surface area contributed by atoms with Gasteiger partial charge in [0, 0.05) is 36.4 Å². The maximum absolute atomic E-state index is 13.8. The van der Waals surface area contributed by atoms with E-state index in [1.165, 1.54) is 0 Å². The van der Waals surface area contributed by atoms with E-state index < -0.39 is 23.2 Å². The molecule has 3 aromatic rings. The van der Waals surface area contributed by atoms with E-state index >= 15 is 0 Å². The van der Waals surface area contributed by atoms with Crippen molar-refractivity contribution in [1.82, 2.24) is 10.3 Å². The Balaban J connectivity index is 1.38. The van der Waals surface area contributed by atoms with E-state index in [1.54, 1.807) is 13.3 Å². The number of hydrogen-bond acceptors (Lipinski definition) is 6. The second-order valence-corrected chi connectivity index (χ2v) is 9.76. The molecule has 0 amide bonds. The van der Waals surface area contributed by atoms with Gasteiger partial charge in [-0.15, -0.1) is 0 Å². The number of ether oxygens (including phenoxy) is 2. The Morgan fingerprint density at radius 3 is 2.62 bits per heavy atom. The first kappa shape index (κ1) is 27.2. The van der Waals surface area contributed by atoms with Crippen molar-refractivity contribution in [2.45, 2.75) is 51.2 Å². The fourth-order valence-electron chi connectivity index (χ4n) is 5.33. The number of nitrogens with zero attached hydrogens (tertiary/aromatic N) is 1. The highest BCUT2D eigenvalue weighted by Gasteiger charge is 2.35. The SMILES string of the molecule is COc1ccc2ncc(CO)c(CCCC3(CO)CCNC(CCOc4c(F)cc(F)cc4F)C3)c2c1. The van der Waals surface area contributed by atoms with Gasteiger partial charge in [0.1, 0.15) is 11.6 Å². The summed E-state index contributed by atoms with van der Waals surface area (Å²) in [6.07, 6.45) is 6.00. The number of pyridine rings is 1. The minimum atomic E-state index is -1.07. The third-order valence-corrected chi connectivity index (χ3v) is 7.36. The third-order valence-electron chi connectivity index (χ3n) is 7.36. The van der Waals surface area contributed by atoms with Crippen LogP contribution in [0.1, 0.15) is 43.2 Å². The largest absolute Gasteiger partial charge is 0.497 e. The van der Waals surface area contributed by atoms with Crippen LogP contribution in [0.3, 0.4) is 0 Å². The number of fused-ring (bicyclic) bond motifs is 1. The molecule has 6 nitrogen and oxygen atoms in total. The summed E-state index contributed by atoms with van der Waals surface area (Å²) in [5, 5.41) is 24.6. The van der Waals surface area contributed by atoms with Crippen LogP contribution >= 0.6 is 0 Å². The molecule has 9 heteroatoms. The molecule has 0 aliphatic carbocycles. The number of aromatic nitrogens is 1. The lowest BCUT2D eigenvalue weighted by Gasteiger charge is -2.40. The summed E-state index contributed by atoms with van der Waals surface area (Å²) in [5.74, 6) is -2.98. The molecule has 3 N–H and O–H groups in total. The van der Waals surface area contributed by atoms with Crippen molar-refractivity contribution in [2.24, 2.45) is 5.41 Å². The predicted octanol–water partition coefficient (Wildman–Crippen LogP) is 4.68. The summed E-state index contributed by atoms with van der Waals surface area (Å²) in [6, 6.07) is 6.89. The molecular weight excluding hydrogens is 485 g/mol. The van der Waals surface area contributed by atoms with Gasteiger partial charge in [-0.1, -0.05) is 0 Å². The monoisotopic (exact) mass is 518 g/mol. The lowest BCUT2D eigenvalue weighted by molar-refractivity contribution is 0.0558. The molecule has 2 atom stereocenters. The van der Waals surface area contributed by atoms with E-state index in [0.29, 0.717) is 37.9 Å². The lowest BCUT2D eigenvalue weighted by Crippen LogP contribution is -2.46. The van der Waals surface area contributed by atoms with Crippen molar-refractivity contribution < 1.29 is 32.9 Å². The number of aliphatic hydroxyl groups excluding tert-OH is 2. The summed E-state index contributed by atoms with van der Waals surface area (Å²) in [5.41, 5.74) is 2.35. The van der Waals surface area contributed by atoms with Crippen molar-refractivity contribution in [2.75, 3.05) is 26.9 Å². The fourth-order valence-corrected chi connectivity index (χ4v) is 5.33. The van der Waals surface area contributed by atoms with Crippen LogP contribution in [0.15, 0.2) is 36.5 Å². The first-order valence-electron chi connectivity index (χ1n) is 12.5. The predicted molar refractivity (Wildman–Crippen MR) is 134 cm³/mol. The molecular formula is C28H33F3N2O4. The van der Waals surface area contributed by atoms with Crippen molar-refractivity contribution in [3.05, 3.63) is 65.1 Å². The number of rotatable bonds is 11. The molecule has 1 aliphatic heterocycles. The minimum absolute atomic E-state index is 0.00601. The van der Waals surface area contributed by atoms with Gasteiger partial charge in [-0.2, -0.15) is 0 Å². The number of aryl methyl sites for hydroxylation is 1. The number of hydrogen-bond donors (Lipinski definition) is 3. The second kappa shape index (κ2) is 12.1. The Morgan fingerprint density at radius 2 is 1.92 bits per heavy atom. The van der Waals surface area contributed by atoms with Gasteiger partial charge in [0.25, 0.3) is 0 Å². The first-order chi connectivity index (χ1) is 17.9. The Hall–Kier alpha value is -2.88. The zero-order valence-electron chi connectivity index (χ0n) is 20.9. The van der Waals surface area contributed by atoms with E-state index in [-0.39, 0.29) is 31.3 Å². The molecule has 0 bridgehead atoms. The lowest BCUT2D eigenvalue weighted by atomic mass is 9.72. The van der Waals surface area contributed by atoms with E-state index in [1.807, 2.05) is 18.2 Å². The van der Waals surface area contributed by atoms with Crippen molar-refractivity contribution in [3.8, 4) is 11.5 Å². The van der Waals surface area contributed by atoms with Gasteiger partial charge < -0.3 is 25.0 Å². The maximum Gasteiger partial charge on any atom is 0.190 e. The average molecular weight is 519 g/mol. The molecule has 1 aliphatic rings. The van der Waals surface area contributed by atoms with Crippen LogP contribution < -0.4 is 14.8 Å². The molecule has 200 valence electrons. The standard InChI is InChI=1S/C28H33F3N2O4/c1-36-21-4-5-26-23(13-21)22(18(16-34)15-33-26)3-2-7-28(17-35)8-9-32-20(14-28)6-10-37-27-24(30)11-19(29)12-25(27)31/h4-5,11-13,15,20,32,34-35H,2-3,6-10,14,16-17H2,1H3. The molecule has 2 aromatic carbocycles. The third kappa shape index (κ3) is 6.34. The van der Waals surface area contributed by atoms with Gasteiger partial charge in [0.05, 0.1) is 25.8 Å². The summed E-state index contributed by atoms with van der Waals surface area (Å²) in [6.45, 7) is 0.692. The molecule has 0 saturated carbocycles. The number of piperidine rings is 1. The van der Waals surface area contributed by atoms with Crippen LogP contribution in [0, 0.1) is 22.9 Å². The Bertz CT molecular complexity index is 1200. The second-order valence-electron chi connectivity index (χ2n) is 9.76. The Morgan fingerprint density at radius 1 is 1.14 bits per heavy atom. The molecule has 2 unspecified atom stereocenters.